The molecule has 3 aliphatic carbocycles. The van der Waals surface area contributed by atoms with Crippen molar-refractivity contribution in [2.24, 2.45) is 28.6 Å². The number of H-pyrrole nitrogens is 2. The van der Waals surface area contributed by atoms with Crippen molar-refractivity contribution in [3.8, 4) is 34.5 Å². The van der Waals surface area contributed by atoms with Crippen molar-refractivity contribution in [2.45, 2.75) is 146 Å². The molecule has 6 aromatic carbocycles. The Morgan fingerprint density at radius 3 is 1.43 bits per heavy atom. The van der Waals surface area contributed by atoms with E-state index in [-0.39, 0.29) is 68.2 Å². The molecular weight excluding hydrogens is 1730 g/mol. The zero-order chi connectivity index (χ0) is 90.5. The Morgan fingerprint density at radius 2 is 1.01 bits per heavy atom. The molecule has 2 amide bonds. The maximum Gasteiger partial charge on any atom is 0.277 e. The van der Waals surface area contributed by atoms with Crippen molar-refractivity contribution < 1.29 is 55.2 Å². The van der Waals surface area contributed by atoms with Gasteiger partial charge in [-0.2, -0.15) is 0 Å². The summed E-state index contributed by atoms with van der Waals surface area (Å²) in [4.78, 5) is 80.3. The number of ether oxygens (including phenoxy) is 4. The van der Waals surface area contributed by atoms with Crippen LogP contribution < -0.4 is 38.2 Å². The summed E-state index contributed by atoms with van der Waals surface area (Å²) in [5.41, 5.74) is 11.6. The minimum Gasteiger partial charge on any atom is -0.493 e. The molecule has 10 heterocycles. The van der Waals surface area contributed by atoms with Gasteiger partial charge in [0.25, 0.3) is 43.2 Å². The zero-order valence-corrected chi connectivity index (χ0v) is 77.0. The number of carbonyl (C=O) groups is 2. The van der Waals surface area contributed by atoms with E-state index in [9.17, 15) is 46.7 Å². The summed E-state index contributed by atoms with van der Waals surface area (Å²) in [6.07, 6.45) is 20.8. The average Bonchev–Trinajstić information content (AvgIpc) is 1.07. The number of carbonyl (C=O) groups excluding carboxylic acids is 2. The first-order valence-corrected chi connectivity index (χ1v) is 49.0. The van der Waals surface area contributed by atoms with Gasteiger partial charge in [0.15, 0.2) is 0 Å². The molecule has 5 atom stereocenters. The fourth-order valence-corrected chi connectivity index (χ4v) is 22.9. The number of rotatable bonds is 24. The Bertz CT molecular complexity index is 5950. The number of fused-ring (bicyclic) bond motifs is 6. The van der Waals surface area contributed by atoms with Gasteiger partial charge in [-0.25, -0.2) is 36.2 Å². The van der Waals surface area contributed by atoms with Crippen LogP contribution in [0.2, 0.25) is 10.0 Å². The number of aromatic amines is 2. The molecule has 28 nitrogen and oxygen atoms in total. The number of halogens is 2. The Labute approximate surface area is 767 Å². The predicted octanol–water partition coefficient (Wildman–Crippen LogP) is 18.1. The minimum absolute atomic E-state index is 0.0170. The van der Waals surface area contributed by atoms with Gasteiger partial charge in [-0.1, -0.05) is 92.7 Å². The lowest BCUT2D eigenvalue weighted by Gasteiger charge is -2.39. The normalized spacial score (nSPS) is 21.4. The van der Waals surface area contributed by atoms with E-state index in [1.54, 1.807) is 60.9 Å². The lowest BCUT2D eigenvalue weighted by atomic mass is 9.72. The van der Waals surface area contributed by atoms with Crippen LogP contribution in [0.4, 0.5) is 22.7 Å². The number of hydrogen-bond acceptors (Lipinski definition) is 22. The molecule has 0 unspecified atom stereocenters. The van der Waals surface area contributed by atoms with Crippen LogP contribution in [0.1, 0.15) is 155 Å². The number of nitrogens with one attached hydrogen (secondary N) is 4. The monoisotopic (exact) mass is 1840 g/mol. The van der Waals surface area contributed by atoms with Crippen molar-refractivity contribution in [1.29, 1.82) is 0 Å². The van der Waals surface area contributed by atoms with Crippen LogP contribution in [0.25, 0.3) is 33.2 Å². The number of piperidine rings is 2. The molecule has 4 N–H and O–H groups in total. The summed E-state index contributed by atoms with van der Waals surface area (Å²) in [5.74, 6) is 0.136. The second-order valence-corrected chi connectivity index (χ2v) is 42.5. The average molecular weight is 1840 g/mol. The highest BCUT2D eigenvalue weighted by atomic mass is 35.5. The maximum atomic E-state index is 14.1. The molecule has 32 heteroatoms. The number of amides is 2. The van der Waals surface area contributed by atoms with Crippen LogP contribution in [0.5, 0.6) is 34.5 Å². The number of aromatic nitrogens is 4. The van der Waals surface area contributed by atoms with E-state index in [0.717, 1.165) is 193 Å². The van der Waals surface area contributed by atoms with E-state index in [1.165, 1.54) is 83.6 Å². The number of nitro groups is 2. The highest BCUT2D eigenvalue weighted by molar-refractivity contribution is 7.90. The predicted molar refractivity (Wildman–Crippen MR) is 503 cm³/mol. The largest absolute Gasteiger partial charge is 0.493 e. The quantitative estimate of drug-likeness (QED) is 0.0322. The van der Waals surface area contributed by atoms with Gasteiger partial charge in [0.1, 0.15) is 45.8 Å². The van der Waals surface area contributed by atoms with Gasteiger partial charge in [-0.15, -0.1) is 0 Å². The van der Waals surface area contributed by atoms with Gasteiger partial charge in [-0.05, 0) is 209 Å². The molecule has 2 bridgehead atoms. The number of nitrogens with zero attached hydrogens (tertiary/aromatic N) is 10. The summed E-state index contributed by atoms with van der Waals surface area (Å²) >= 11 is 12.5. The van der Waals surface area contributed by atoms with Crippen molar-refractivity contribution in [2.75, 3.05) is 115 Å². The van der Waals surface area contributed by atoms with E-state index in [1.807, 2.05) is 36.4 Å². The van der Waals surface area contributed by atoms with Crippen LogP contribution in [0, 0.1) is 48.8 Å². The van der Waals surface area contributed by atoms with Crippen molar-refractivity contribution >= 4 is 111 Å². The molecule has 4 saturated heterocycles. The van der Waals surface area contributed by atoms with Gasteiger partial charge in [-0.3, -0.25) is 44.5 Å². The third-order valence-corrected chi connectivity index (χ3v) is 31.0. The molecule has 130 heavy (non-hydrogen) atoms. The van der Waals surface area contributed by atoms with Crippen LogP contribution in [-0.4, -0.2) is 195 Å². The van der Waals surface area contributed by atoms with Crippen LogP contribution >= 0.6 is 23.2 Å². The van der Waals surface area contributed by atoms with E-state index in [2.05, 4.69) is 118 Å². The lowest BCUT2D eigenvalue weighted by molar-refractivity contribution is -0.386. The fraction of sp³-hybridized carbons (Fsp3) is 0.429. The van der Waals surface area contributed by atoms with Crippen LogP contribution in [0.15, 0.2) is 179 Å². The third kappa shape index (κ3) is 20.2. The van der Waals surface area contributed by atoms with Gasteiger partial charge in [0.2, 0.25) is 0 Å². The maximum absolute atomic E-state index is 14.1. The molecule has 4 aromatic heterocycles. The van der Waals surface area contributed by atoms with Crippen molar-refractivity contribution in [3.05, 3.63) is 233 Å². The van der Waals surface area contributed by atoms with Crippen molar-refractivity contribution in [1.82, 2.24) is 49.0 Å². The number of sulfonamides is 2. The fourth-order valence-electron chi connectivity index (χ4n) is 20.6. The Morgan fingerprint density at radius 1 is 0.554 bits per heavy atom. The number of likely N-dealkylation sites (tertiary alicyclic amines) is 2. The molecule has 9 aliphatic rings. The van der Waals surface area contributed by atoms with Gasteiger partial charge >= 0.3 is 0 Å². The van der Waals surface area contributed by atoms with Crippen molar-refractivity contribution in [3.63, 3.8) is 0 Å². The summed E-state index contributed by atoms with van der Waals surface area (Å²) in [7, 11) is -9.24. The first-order chi connectivity index (χ1) is 62.4. The molecule has 1 saturated carbocycles. The topological polar surface area (TPSA) is 326 Å². The molecule has 6 aliphatic heterocycles. The highest BCUT2D eigenvalue weighted by Gasteiger charge is 2.42. The molecule has 0 spiro atoms. The summed E-state index contributed by atoms with van der Waals surface area (Å²) in [6, 6.07) is 39.4. The number of hydrogen-bond donors (Lipinski definition) is 4. The summed E-state index contributed by atoms with van der Waals surface area (Å²) < 4.78 is 85.0. The summed E-state index contributed by atoms with van der Waals surface area (Å²) in [5, 5.41) is 27.9. The minimum atomic E-state index is -4.62. The first kappa shape index (κ1) is 89.6. The first-order valence-electron chi connectivity index (χ1n) is 45.3. The number of benzene rings is 6. The smallest absolute Gasteiger partial charge is 0.277 e. The number of allylic oxidation sites excluding steroid dienone is 2. The van der Waals surface area contributed by atoms with Gasteiger partial charge in [0, 0.05) is 190 Å². The SMILES string of the molecule is CC1(C)CCC(CN2CCN(c3ccc(C(=O)NS(=O)(=O)c4cc5c(c([N+](=O)[O-])c4)C[C@H](CN4C[C@H]6CC[C@@H]4C6)CO5)c(Oc4cnc5[nH]ccc5c4)c3)CC2)=C(c2ccc(Cl)cc2)C1.C[C@@H]1CCCCN1C[C@@H]1COc2cc(S(=O)(=O)NC(=O)c3ccc(N4CCN(CC5=C(c6ccc(Cl)cc6)CC(C)(C)CC5)CC4)cc3Oc3cnc4[nH]ccc4c3)cc([N+](=O)[O-])c2C1. The Kier molecular flexibility index (Phi) is 25.8. The van der Waals surface area contributed by atoms with E-state index in [0.29, 0.717) is 72.1 Å². The zero-order valence-electron chi connectivity index (χ0n) is 73.9. The van der Waals surface area contributed by atoms with Gasteiger partial charge in [0.05, 0.1) is 67.5 Å². The van der Waals surface area contributed by atoms with Crippen LogP contribution in [-0.2, 0) is 32.9 Å². The molecule has 19 rings (SSSR count). The van der Waals surface area contributed by atoms with E-state index in [4.69, 9.17) is 42.1 Å². The summed E-state index contributed by atoms with van der Waals surface area (Å²) in [6.45, 7) is 23.7. The molecule has 5 fully saturated rings. The molecule has 682 valence electrons. The van der Waals surface area contributed by atoms with E-state index >= 15 is 0 Å². The van der Waals surface area contributed by atoms with Crippen LogP contribution in [0.3, 0.4) is 0 Å². The van der Waals surface area contributed by atoms with Gasteiger partial charge < -0.3 is 43.6 Å². The molecule has 0 radical (unpaired) electrons. The lowest BCUT2D eigenvalue weighted by Crippen LogP contribution is -2.47. The highest BCUT2D eigenvalue weighted by Crippen LogP contribution is 2.48. The standard InChI is InChI=1S/C49H54ClN7O7S.C49H56ClN7O7S/c1-49(2)13-11-35(43(25-49)33-4-6-36(50)7-5-33)29-54-15-17-55(18-16-54)38-9-10-41(46(22-38)64-39-21-34-12-14-51-47(34)52-26-39)48(58)53-65(61,62)40-23-44(57(59)60)42-20-32(30-63-45(42)24-40)28-56-27-31-3-8-37(56)19-31;1-32-6-4-5-17-56(32)29-33-22-42-44(57(59)60)25-40(26-45(42)63-31-33)65(61,62)53-48(58)41-12-11-38(24-46(41)64-39-23-35-14-16-51-47(35)52-28-39)55-20-18-54(19-21-55)30-36-13-15-49(2,3)27-43(36)34-7-9-37(50)10-8-34/h4-7,9-10,12,14,21-24,26,31-32,37H,3,8,11,13,15-20,25,27-30H2,1-2H3,(H,51,52)(H,53,58);7-12,14,16,23-26,28,32-33H,4-6,13,15,17-22,27,29-31H2,1-3H3,(H,51,52)(H,53,58)/t31-,32+,37+;32-,33-/m01/s1. The number of nitro benzene ring substituents is 2. The Hall–Kier alpha value is -11.0. The number of anilines is 2. The Balaban J connectivity index is 0.000000175. The number of pyridine rings is 2. The molecular formula is C98H110Cl2N14O14S2. The molecule has 10 aromatic rings. The number of piperazine rings is 2. The second-order valence-electron chi connectivity index (χ2n) is 38.2. The third-order valence-electron chi connectivity index (χ3n) is 27.9. The second kappa shape index (κ2) is 37.4. The van der Waals surface area contributed by atoms with E-state index < -0.39 is 51.5 Å².